The van der Waals surface area contributed by atoms with Gasteiger partial charge in [0.25, 0.3) is 0 Å². The molecule has 1 heterocycles. The molecular weight excluding hydrogens is 423 g/mol. The van der Waals surface area contributed by atoms with E-state index >= 15 is 0 Å². The lowest BCUT2D eigenvalue weighted by atomic mass is 10.0. The summed E-state index contributed by atoms with van der Waals surface area (Å²) in [5.74, 6) is 0.819. The molecule has 1 saturated heterocycles. The molecule has 1 aliphatic heterocycles. The van der Waals surface area contributed by atoms with E-state index in [4.69, 9.17) is 44.3 Å². The number of amides is 1. The van der Waals surface area contributed by atoms with Crippen LogP contribution in [0.3, 0.4) is 0 Å². The Kier molecular flexibility index (Phi) is 6.94. The average molecular weight is 444 g/mol. The Labute approximate surface area is 179 Å². The second-order valence-electron chi connectivity index (χ2n) is 6.54. The number of halogens is 3. The Balaban J connectivity index is 1.72. The molecule has 1 amide bonds. The highest BCUT2D eigenvalue weighted by molar-refractivity contribution is 6.42. The molecule has 0 radical (unpaired) electrons. The molecule has 0 saturated carbocycles. The minimum atomic E-state index is -0.147. The highest BCUT2D eigenvalue weighted by atomic mass is 35.5. The standard InChI is InChI=1S/C20H21Cl3N2O3/c1-27-18-10-19(28-2)16(9-15(18)23)24-20(26)11-25-7-3-4-17(25)12-5-6-13(21)14(22)8-12/h5-6,8-10,17H,3-4,7,11H2,1-2H3,(H,24,26). The van der Waals surface area contributed by atoms with Crippen molar-refractivity contribution in [2.24, 2.45) is 0 Å². The van der Waals surface area contributed by atoms with Crippen molar-refractivity contribution < 1.29 is 14.3 Å². The number of nitrogens with zero attached hydrogens (tertiary/aromatic N) is 1. The highest BCUT2D eigenvalue weighted by Crippen LogP contribution is 2.37. The Bertz CT molecular complexity index is 876. The van der Waals surface area contributed by atoms with E-state index < -0.39 is 0 Å². The summed E-state index contributed by atoms with van der Waals surface area (Å²) in [7, 11) is 3.05. The monoisotopic (exact) mass is 442 g/mol. The van der Waals surface area contributed by atoms with Crippen molar-refractivity contribution in [3.05, 3.63) is 51.0 Å². The summed E-state index contributed by atoms with van der Waals surface area (Å²) in [6.07, 6.45) is 1.97. The molecule has 1 fully saturated rings. The van der Waals surface area contributed by atoms with Crippen molar-refractivity contribution in [2.45, 2.75) is 18.9 Å². The van der Waals surface area contributed by atoms with Gasteiger partial charge in [0, 0.05) is 12.1 Å². The van der Waals surface area contributed by atoms with Gasteiger partial charge in [0.2, 0.25) is 5.91 Å². The molecule has 1 unspecified atom stereocenters. The molecule has 150 valence electrons. The Hall–Kier alpha value is -1.66. The third-order valence-corrected chi connectivity index (χ3v) is 5.82. The van der Waals surface area contributed by atoms with E-state index in [2.05, 4.69) is 10.2 Å². The Morgan fingerprint density at radius 2 is 1.82 bits per heavy atom. The van der Waals surface area contributed by atoms with Gasteiger partial charge in [0.05, 0.1) is 41.5 Å². The molecular formula is C20H21Cl3N2O3. The fraction of sp³-hybridized carbons (Fsp3) is 0.350. The maximum Gasteiger partial charge on any atom is 0.238 e. The smallest absolute Gasteiger partial charge is 0.238 e. The second-order valence-corrected chi connectivity index (χ2v) is 7.76. The van der Waals surface area contributed by atoms with Crippen LogP contribution in [0.4, 0.5) is 5.69 Å². The first kappa shape index (κ1) is 21.1. The highest BCUT2D eigenvalue weighted by Gasteiger charge is 2.28. The first-order chi connectivity index (χ1) is 13.4. The lowest BCUT2D eigenvalue weighted by molar-refractivity contribution is -0.117. The van der Waals surface area contributed by atoms with Crippen LogP contribution < -0.4 is 14.8 Å². The molecule has 8 heteroatoms. The molecule has 0 spiro atoms. The van der Waals surface area contributed by atoms with Gasteiger partial charge in [-0.05, 0) is 43.1 Å². The van der Waals surface area contributed by atoms with Crippen LogP contribution in [-0.4, -0.2) is 38.1 Å². The predicted octanol–water partition coefficient (Wildman–Crippen LogP) is 5.44. The predicted molar refractivity (Wildman–Crippen MR) is 113 cm³/mol. The van der Waals surface area contributed by atoms with Crippen LogP contribution in [0.2, 0.25) is 15.1 Å². The van der Waals surface area contributed by atoms with E-state index in [0.29, 0.717) is 32.3 Å². The number of carbonyl (C=O) groups excluding carboxylic acids is 1. The number of likely N-dealkylation sites (tertiary alicyclic amines) is 1. The van der Waals surface area contributed by atoms with Gasteiger partial charge in [-0.3, -0.25) is 9.69 Å². The first-order valence-electron chi connectivity index (χ1n) is 8.83. The van der Waals surface area contributed by atoms with Crippen LogP contribution in [0.25, 0.3) is 0 Å². The van der Waals surface area contributed by atoms with E-state index in [9.17, 15) is 4.79 Å². The molecule has 1 N–H and O–H groups in total. The van der Waals surface area contributed by atoms with Crippen LogP contribution in [0, 0.1) is 0 Å². The van der Waals surface area contributed by atoms with Gasteiger partial charge in [-0.15, -0.1) is 0 Å². The third-order valence-electron chi connectivity index (χ3n) is 4.79. The number of nitrogens with one attached hydrogen (secondary N) is 1. The van der Waals surface area contributed by atoms with Gasteiger partial charge >= 0.3 is 0 Å². The molecule has 1 atom stereocenters. The number of methoxy groups -OCH3 is 2. The normalized spacial score (nSPS) is 16.8. The van der Waals surface area contributed by atoms with E-state index in [0.717, 1.165) is 24.9 Å². The number of rotatable bonds is 6. The van der Waals surface area contributed by atoms with E-state index in [-0.39, 0.29) is 18.5 Å². The van der Waals surface area contributed by atoms with Crippen LogP contribution in [0.15, 0.2) is 30.3 Å². The van der Waals surface area contributed by atoms with Crippen LogP contribution in [0.5, 0.6) is 11.5 Å². The van der Waals surface area contributed by atoms with E-state index in [1.165, 1.54) is 14.2 Å². The van der Waals surface area contributed by atoms with Gasteiger partial charge in [-0.2, -0.15) is 0 Å². The first-order valence-corrected chi connectivity index (χ1v) is 9.96. The summed E-state index contributed by atoms with van der Waals surface area (Å²) in [6, 6.07) is 9.02. The van der Waals surface area contributed by atoms with Gasteiger partial charge in [0.15, 0.2) is 0 Å². The third kappa shape index (κ3) is 4.66. The summed E-state index contributed by atoms with van der Waals surface area (Å²) in [5, 5.41) is 4.32. The minimum absolute atomic E-state index is 0.127. The molecule has 0 aromatic heterocycles. The zero-order chi connectivity index (χ0) is 20.3. The van der Waals surface area contributed by atoms with Crippen molar-refractivity contribution in [3.8, 4) is 11.5 Å². The summed E-state index contributed by atoms with van der Waals surface area (Å²) in [5.41, 5.74) is 1.56. The Morgan fingerprint density at radius 1 is 1.07 bits per heavy atom. The van der Waals surface area contributed by atoms with Gasteiger partial charge in [0.1, 0.15) is 11.5 Å². The summed E-state index contributed by atoms with van der Waals surface area (Å²) in [6.45, 7) is 1.08. The van der Waals surface area contributed by atoms with Crippen molar-refractivity contribution in [2.75, 3.05) is 32.6 Å². The molecule has 0 aliphatic carbocycles. The molecule has 28 heavy (non-hydrogen) atoms. The molecule has 2 aromatic rings. The largest absolute Gasteiger partial charge is 0.495 e. The zero-order valence-corrected chi connectivity index (χ0v) is 17.9. The fourth-order valence-corrected chi connectivity index (χ4v) is 3.99. The molecule has 2 aromatic carbocycles. The number of benzene rings is 2. The van der Waals surface area contributed by atoms with E-state index in [1.807, 2.05) is 12.1 Å². The molecule has 5 nitrogen and oxygen atoms in total. The van der Waals surface area contributed by atoms with Crippen LogP contribution >= 0.6 is 34.8 Å². The Morgan fingerprint density at radius 3 is 2.50 bits per heavy atom. The summed E-state index contributed by atoms with van der Waals surface area (Å²) < 4.78 is 10.5. The molecule has 3 rings (SSSR count). The maximum absolute atomic E-state index is 12.7. The van der Waals surface area contributed by atoms with Crippen LogP contribution in [0.1, 0.15) is 24.4 Å². The lowest BCUT2D eigenvalue weighted by Crippen LogP contribution is -2.33. The molecule has 0 bridgehead atoms. The van der Waals surface area contributed by atoms with Gasteiger partial charge in [-0.1, -0.05) is 40.9 Å². The topological polar surface area (TPSA) is 50.8 Å². The van der Waals surface area contributed by atoms with Crippen molar-refractivity contribution in [3.63, 3.8) is 0 Å². The second kappa shape index (κ2) is 9.23. The fourth-order valence-electron chi connectivity index (χ4n) is 3.44. The van der Waals surface area contributed by atoms with Crippen molar-refractivity contribution in [1.29, 1.82) is 0 Å². The summed E-state index contributed by atoms with van der Waals surface area (Å²) >= 11 is 18.4. The number of anilines is 1. The number of ether oxygens (including phenoxy) is 2. The van der Waals surface area contributed by atoms with Crippen molar-refractivity contribution >= 4 is 46.4 Å². The average Bonchev–Trinajstić information content (AvgIpc) is 3.12. The van der Waals surface area contributed by atoms with Crippen molar-refractivity contribution in [1.82, 2.24) is 4.90 Å². The number of hydrogen-bond acceptors (Lipinski definition) is 4. The lowest BCUT2D eigenvalue weighted by Gasteiger charge is -2.24. The molecule has 1 aliphatic rings. The SMILES string of the molecule is COc1cc(OC)c(NC(=O)CN2CCCC2c2ccc(Cl)c(Cl)c2)cc1Cl. The summed E-state index contributed by atoms with van der Waals surface area (Å²) in [4.78, 5) is 14.8. The van der Waals surface area contributed by atoms with Gasteiger partial charge in [-0.25, -0.2) is 0 Å². The minimum Gasteiger partial charge on any atom is -0.495 e. The van der Waals surface area contributed by atoms with Crippen LogP contribution in [-0.2, 0) is 4.79 Å². The van der Waals surface area contributed by atoms with Gasteiger partial charge < -0.3 is 14.8 Å². The van der Waals surface area contributed by atoms with E-state index in [1.54, 1.807) is 18.2 Å². The zero-order valence-electron chi connectivity index (χ0n) is 15.6. The number of hydrogen-bond donors (Lipinski definition) is 1. The maximum atomic E-state index is 12.7. The quantitative estimate of drug-likeness (QED) is 0.646. The number of carbonyl (C=O) groups is 1.